The van der Waals surface area contributed by atoms with E-state index in [2.05, 4.69) is 59.2 Å². The summed E-state index contributed by atoms with van der Waals surface area (Å²) in [5.41, 5.74) is 0.235. The minimum absolute atomic E-state index is 0.0258. The van der Waals surface area contributed by atoms with Gasteiger partial charge in [-0.2, -0.15) is 10.3 Å². The third-order valence-corrected chi connectivity index (χ3v) is 13.1. The van der Waals surface area contributed by atoms with Crippen LogP contribution in [0.3, 0.4) is 0 Å². The van der Waals surface area contributed by atoms with Gasteiger partial charge in [-0.3, -0.25) is 29.4 Å². The number of fused-ring (bicyclic) bond motifs is 1. The largest absolute Gasteiger partial charge is 0.489 e. The van der Waals surface area contributed by atoms with Gasteiger partial charge in [0.2, 0.25) is 5.91 Å². The van der Waals surface area contributed by atoms with Gasteiger partial charge in [-0.15, -0.1) is 0 Å². The predicted molar refractivity (Wildman–Crippen MR) is 219 cm³/mol. The maximum absolute atomic E-state index is 15.4. The van der Waals surface area contributed by atoms with Crippen molar-refractivity contribution in [1.82, 2.24) is 30.5 Å². The first-order valence-electron chi connectivity index (χ1n) is 20.3. The fourth-order valence-corrected chi connectivity index (χ4v) is 10.1. The second-order valence-electron chi connectivity index (χ2n) is 17.4. The third kappa shape index (κ3) is 7.38. The molecule has 2 aromatic carbocycles. The van der Waals surface area contributed by atoms with Crippen molar-refractivity contribution in [3.8, 4) is 11.8 Å². The maximum atomic E-state index is 15.4. The Morgan fingerprint density at radius 2 is 1.62 bits per heavy atom. The monoisotopic (exact) mass is 839 g/mol. The van der Waals surface area contributed by atoms with E-state index < -0.39 is 29.6 Å². The number of amides is 6. The first kappa shape index (κ1) is 41.0. The van der Waals surface area contributed by atoms with E-state index in [0.29, 0.717) is 59.0 Å². The minimum Gasteiger partial charge on any atom is -0.489 e. The number of hydrogen-bond acceptors (Lipinski definition) is 11. The number of urea groups is 1. The summed E-state index contributed by atoms with van der Waals surface area (Å²) in [6, 6.07) is 12.2. The number of hydrazine groups is 1. The van der Waals surface area contributed by atoms with Crippen molar-refractivity contribution in [2.45, 2.75) is 59.1 Å². The highest BCUT2D eigenvalue weighted by Crippen LogP contribution is 2.55. The molecule has 314 valence electrons. The lowest BCUT2D eigenvalue weighted by molar-refractivity contribution is -0.164. The van der Waals surface area contributed by atoms with Crippen molar-refractivity contribution >= 4 is 52.8 Å². The molecule has 5 aliphatic rings. The van der Waals surface area contributed by atoms with Crippen molar-refractivity contribution in [2.75, 3.05) is 62.2 Å². The lowest BCUT2D eigenvalue weighted by Crippen LogP contribution is -2.74. The quantitative estimate of drug-likeness (QED) is 0.283. The number of benzene rings is 2. The number of piperazine rings is 1. The number of carbonyl (C=O) groups is 5. The van der Waals surface area contributed by atoms with Crippen molar-refractivity contribution in [1.29, 1.82) is 5.26 Å². The van der Waals surface area contributed by atoms with Crippen LogP contribution >= 0.6 is 11.6 Å². The Morgan fingerprint density at radius 3 is 2.23 bits per heavy atom. The van der Waals surface area contributed by atoms with Crippen LogP contribution in [0.4, 0.5) is 20.7 Å². The van der Waals surface area contributed by atoms with E-state index in [1.54, 1.807) is 24.4 Å². The number of aromatic nitrogens is 1. The van der Waals surface area contributed by atoms with E-state index in [-0.39, 0.29) is 58.7 Å². The van der Waals surface area contributed by atoms with Crippen molar-refractivity contribution in [3.05, 3.63) is 81.8 Å². The molecule has 1 saturated carbocycles. The molecular weight excluding hydrogens is 793 g/mol. The summed E-state index contributed by atoms with van der Waals surface area (Å²) < 4.78 is 21.8. The first-order valence-corrected chi connectivity index (χ1v) is 20.6. The Hall–Kier alpha value is -5.79. The molecule has 0 unspecified atom stereocenters. The number of carbonyl (C=O) groups excluding carboxylic acids is 5. The van der Waals surface area contributed by atoms with Gasteiger partial charge in [0.25, 0.3) is 17.7 Å². The average Bonchev–Trinajstić information content (AvgIpc) is 3.46. The number of pyridine rings is 1. The summed E-state index contributed by atoms with van der Waals surface area (Å²) in [6.45, 7) is 13.2. The molecule has 0 radical (unpaired) electrons. The van der Waals surface area contributed by atoms with Crippen LogP contribution in [0.1, 0.15) is 83.6 Å². The van der Waals surface area contributed by atoms with Gasteiger partial charge in [0.05, 0.1) is 39.5 Å². The van der Waals surface area contributed by atoms with E-state index >= 15 is 4.39 Å². The lowest BCUT2D eigenvalue weighted by Gasteiger charge is -2.63. The Bertz CT molecular complexity index is 2280. The highest BCUT2D eigenvalue weighted by atomic mass is 35.5. The van der Waals surface area contributed by atoms with E-state index in [9.17, 15) is 29.2 Å². The number of ether oxygens (including phenoxy) is 1. The van der Waals surface area contributed by atoms with Gasteiger partial charge < -0.3 is 19.9 Å². The number of imide groups is 2. The zero-order valence-corrected chi connectivity index (χ0v) is 34.7. The molecule has 15 nitrogen and oxygen atoms in total. The van der Waals surface area contributed by atoms with Gasteiger partial charge in [-0.05, 0) is 55.2 Å². The molecule has 0 bridgehead atoms. The summed E-state index contributed by atoms with van der Waals surface area (Å²) >= 11 is 6.24. The Labute approximate surface area is 352 Å². The molecule has 4 aliphatic heterocycles. The van der Waals surface area contributed by atoms with Crippen LogP contribution in [0.5, 0.6) is 5.75 Å². The third-order valence-electron chi connectivity index (χ3n) is 12.8. The second kappa shape index (κ2) is 15.7. The number of halogens is 2. The van der Waals surface area contributed by atoms with E-state index in [4.69, 9.17) is 16.3 Å². The van der Waals surface area contributed by atoms with Crippen LogP contribution in [0.15, 0.2) is 48.7 Å². The molecule has 3 aromatic rings. The molecule has 2 N–H and O–H groups in total. The zero-order chi connectivity index (χ0) is 42.7. The van der Waals surface area contributed by atoms with E-state index in [1.165, 1.54) is 6.07 Å². The van der Waals surface area contributed by atoms with Gasteiger partial charge in [-0.25, -0.2) is 19.2 Å². The molecule has 4 fully saturated rings. The summed E-state index contributed by atoms with van der Waals surface area (Å²) in [5, 5.41) is 16.5. The van der Waals surface area contributed by atoms with Crippen molar-refractivity contribution in [2.24, 2.45) is 16.7 Å². The van der Waals surface area contributed by atoms with Crippen LogP contribution in [-0.4, -0.2) is 114 Å². The number of nitriles is 1. The molecule has 17 heteroatoms. The van der Waals surface area contributed by atoms with Crippen molar-refractivity contribution in [3.63, 3.8) is 0 Å². The number of anilines is 2. The fourth-order valence-electron chi connectivity index (χ4n) is 9.84. The molecular formula is C43H47ClFN9O6. The van der Waals surface area contributed by atoms with Crippen LogP contribution in [-0.2, 0) is 4.79 Å². The molecule has 6 amide bonds. The van der Waals surface area contributed by atoms with E-state index in [0.717, 1.165) is 49.4 Å². The maximum Gasteiger partial charge on any atom is 0.343 e. The zero-order valence-electron chi connectivity index (χ0n) is 34.0. The van der Waals surface area contributed by atoms with Crippen LogP contribution in [0.25, 0.3) is 0 Å². The second-order valence-corrected chi connectivity index (χ2v) is 17.8. The number of rotatable bonds is 9. The summed E-state index contributed by atoms with van der Waals surface area (Å²) in [7, 11) is 0. The first-order chi connectivity index (χ1) is 28.6. The summed E-state index contributed by atoms with van der Waals surface area (Å²) in [6.07, 6.45) is 3.31. The number of nitrogens with zero attached hydrogens (tertiary/aromatic N) is 7. The molecule has 60 heavy (non-hydrogen) atoms. The highest BCUT2D eigenvalue weighted by Gasteiger charge is 2.64. The average molecular weight is 840 g/mol. The molecule has 5 heterocycles. The van der Waals surface area contributed by atoms with Gasteiger partial charge in [-0.1, -0.05) is 39.3 Å². The topological polar surface area (TPSA) is 172 Å². The molecule has 1 aromatic heterocycles. The molecule has 1 aliphatic carbocycles. The molecule has 0 atom stereocenters. The summed E-state index contributed by atoms with van der Waals surface area (Å²) in [5.74, 6) is -0.963. The van der Waals surface area contributed by atoms with Crippen LogP contribution < -0.4 is 25.2 Å². The Morgan fingerprint density at radius 1 is 0.933 bits per heavy atom. The number of hydrogen-bond donors (Lipinski definition) is 2. The van der Waals surface area contributed by atoms with Gasteiger partial charge in [0.15, 0.2) is 0 Å². The van der Waals surface area contributed by atoms with Gasteiger partial charge in [0, 0.05) is 81.4 Å². The molecule has 3 saturated heterocycles. The standard InChI is InChI=1S/C43H47ClFN9O6/c1-42(2)39(43(3,4)40(42)60-28-7-5-26(22-46)31(44)19-28)49-36(56)27-6-8-34(47-23-27)52-12-9-25(10-13-52)24-50-15-17-51(18-16-50)33-21-30-29(20-32(33)45)37(57)54(38(30)58)53-14-11-35(55)48-41(53)59/h5-8,19-21,23,25,39-40H,9-18,24H2,1-4H3,(H,49,56)(H,48,55,59). The van der Waals surface area contributed by atoms with Crippen LogP contribution in [0, 0.1) is 33.9 Å². The number of piperidine rings is 1. The Balaban J connectivity index is 0.800. The SMILES string of the molecule is CC1(C)C(NC(=O)c2ccc(N3CCC(CN4CCN(c5cc6c(cc5F)C(=O)N(N5CCC(=O)NC5=O)C6=O)CC4)CC3)nc2)C(C)(C)C1Oc1ccc(C#N)c(Cl)c1. The van der Waals surface area contributed by atoms with E-state index in [1.807, 2.05) is 17.0 Å². The van der Waals surface area contributed by atoms with Gasteiger partial charge >= 0.3 is 6.03 Å². The number of nitrogens with one attached hydrogen (secondary N) is 2. The molecule has 0 spiro atoms. The smallest absolute Gasteiger partial charge is 0.343 e. The van der Waals surface area contributed by atoms with Gasteiger partial charge in [0.1, 0.15) is 29.6 Å². The molecule has 8 rings (SSSR count). The highest BCUT2D eigenvalue weighted by molar-refractivity contribution is 6.31. The Kier molecular flexibility index (Phi) is 10.7. The fraction of sp³-hybridized carbons (Fsp3) is 0.465. The lowest BCUT2D eigenvalue weighted by atomic mass is 9.49. The normalized spacial score (nSPS) is 22.9. The predicted octanol–water partition coefficient (Wildman–Crippen LogP) is 4.85. The minimum atomic E-state index is -0.870. The van der Waals surface area contributed by atoms with Crippen molar-refractivity contribution < 1.29 is 33.1 Å². The summed E-state index contributed by atoms with van der Waals surface area (Å²) in [4.78, 5) is 74.9. The van der Waals surface area contributed by atoms with Crippen LogP contribution in [0.2, 0.25) is 5.02 Å².